The molecule has 1 unspecified atom stereocenters. The van der Waals surface area contributed by atoms with E-state index < -0.39 is 6.03 Å². The van der Waals surface area contributed by atoms with Crippen LogP contribution in [0.25, 0.3) is 0 Å². The van der Waals surface area contributed by atoms with E-state index in [4.69, 9.17) is 0 Å². The standard InChI is InChI=1S/C12H24N4O2/c1-9(11(17)15-12(18)13-2)16(3)8-10-4-6-14-7-5-10/h9-10,14H,4-8H2,1-3H3,(H2,13,15,17,18). The largest absolute Gasteiger partial charge is 0.341 e. The highest BCUT2D eigenvalue weighted by Gasteiger charge is 2.23. The van der Waals surface area contributed by atoms with E-state index in [1.807, 2.05) is 18.9 Å². The monoisotopic (exact) mass is 256 g/mol. The molecule has 3 amide bonds. The quantitative estimate of drug-likeness (QED) is 0.649. The summed E-state index contributed by atoms with van der Waals surface area (Å²) in [7, 11) is 3.42. The number of nitrogens with one attached hydrogen (secondary N) is 3. The Balaban J connectivity index is 2.37. The van der Waals surface area contributed by atoms with E-state index in [1.54, 1.807) is 0 Å². The molecule has 1 saturated heterocycles. The Morgan fingerprint density at radius 1 is 1.39 bits per heavy atom. The highest BCUT2D eigenvalue weighted by molar-refractivity contribution is 5.96. The Labute approximate surface area is 108 Å². The fraction of sp³-hybridized carbons (Fsp3) is 0.833. The van der Waals surface area contributed by atoms with E-state index in [1.165, 1.54) is 7.05 Å². The van der Waals surface area contributed by atoms with Crippen LogP contribution < -0.4 is 16.0 Å². The van der Waals surface area contributed by atoms with Gasteiger partial charge in [-0.25, -0.2) is 4.79 Å². The van der Waals surface area contributed by atoms with Crippen LogP contribution in [0, 0.1) is 5.92 Å². The van der Waals surface area contributed by atoms with Gasteiger partial charge in [-0.2, -0.15) is 0 Å². The zero-order valence-electron chi connectivity index (χ0n) is 11.5. The molecule has 0 aliphatic carbocycles. The van der Waals surface area contributed by atoms with Crippen molar-refractivity contribution in [2.75, 3.05) is 33.7 Å². The number of rotatable bonds is 4. The second-order valence-electron chi connectivity index (χ2n) is 4.88. The lowest BCUT2D eigenvalue weighted by molar-refractivity contribution is -0.124. The number of carbonyl (C=O) groups excluding carboxylic acids is 2. The predicted molar refractivity (Wildman–Crippen MR) is 70.3 cm³/mol. The third-order valence-electron chi connectivity index (χ3n) is 3.51. The third kappa shape index (κ3) is 4.62. The topological polar surface area (TPSA) is 73.5 Å². The maximum absolute atomic E-state index is 11.8. The van der Waals surface area contributed by atoms with Gasteiger partial charge in [0.15, 0.2) is 0 Å². The molecule has 1 fully saturated rings. The van der Waals surface area contributed by atoms with Crippen LogP contribution in [0.2, 0.25) is 0 Å². The fourth-order valence-electron chi connectivity index (χ4n) is 2.11. The Hall–Kier alpha value is -1.14. The van der Waals surface area contributed by atoms with Gasteiger partial charge in [-0.3, -0.25) is 15.0 Å². The molecule has 0 radical (unpaired) electrons. The molecule has 0 aromatic carbocycles. The Bertz CT molecular complexity index is 290. The first kappa shape index (κ1) is 14.9. The van der Waals surface area contributed by atoms with Gasteiger partial charge >= 0.3 is 6.03 Å². The van der Waals surface area contributed by atoms with E-state index in [-0.39, 0.29) is 11.9 Å². The molecule has 1 atom stereocenters. The van der Waals surface area contributed by atoms with E-state index >= 15 is 0 Å². The summed E-state index contributed by atoms with van der Waals surface area (Å²) in [5.74, 6) is 0.372. The van der Waals surface area contributed by atoms with E-state index in [9.17, 15) is 9.59 Å². The summed E-state index contributed by atoms with van der Waals surface area (Å²) in [6, 6.07) is -0.751. The molecule has 0 aromatic rings. The number of piperidine rings is 1. The summed E-state index contributed by atoms with van der Waals surface area (Å²) in [4.78, 5) is 24.8. The van der Waals surface area contributed by atoms with Crippen LogP contribution >= 0.6 is 0 Å². The number of imide groups is 1. The van der Waals surface area contributed by atoms with Crippen LogP contribution in [-0.2, 0) is 4.79 Å². The lowest BCUT2D eigenvalue weighted by Crippen LogP contribution is -2.49. The van der Waals surface area contributed by atoms with E-state index in [0.29, 0.717) is 5.92 Å². The SMILES string of the molecule is CNC(=O)NC(=O)C(C)N(C)CC1CCNCC1. The number of hydrogen-bond donors (Lipinski definition) is 3. The minimum Gasteiger partial charge on any atom is -0.341 e. The lowest BCUT2D eigenvalue weighted by Gasteiger charge is -2.30. The number of likely N-dealkylation sites (N-methyl/N-ethyl adjacent to an activating group) is 1. The highest BCUT2D eigenvalue weighted by Crippen LogP contribution is 2.13. The summed E-state index contributed by atoms with van der Waals surface area (Å²) < 4.78 is 0. The number of amides is 3. The molecule has 18 heavy (non-hydrogen) atoms. The molecule has 0 spiro atoms. The first-order valence-electron chi connectivity index (χ1n) is 6.48. The molecule has 104 valence electrons. The summed E-state index contributed by atoms with van der Waals surface area (Å²) in [5.41, 5.74) is 0. The molecule has 6 heteroatoms. The Morgan fingerprint density at radius 3 is 2.56 bits per heavy atom. The minimum atomic E-state index is -0.456. The zero-order chi connectivity index (χ0) is 13.5. The van der Waals surface area contributed by atoms with E-state index in [2.05, 4.69) is 16.0 Å². The van der Waals surface area contributed by atoms with Crippen molar-refractivity contribution in [1.82, 2.24) is 20.9 Å². The van der Waals surface area contributed by atoms with Crippen LogP contribution in [0.3, 0.4) is 0 Å². The smallest absolute Gasteiger partial charge is 0.321 e. The van der Waals surface area contributed by atoms with Gasteiger partial charge in [0.25, 0.3) is 0 Å². The van der Waals surface area contributed by atoms with Gasteiger partial charge < -0.3 is 10.6 Å². The van der Waals surface area contributed by atoms with Crippen LogP contribution in [0.1, 0.15) is 19.8 Å². The summed E-state index contributed by atoms with van der Waals surface area (Å²) in [5, 5.41) is 8.00. The number of urea groups is 1. The first-order valence-corrected chi connectivity index (χ1v) is 6.48. The summed E-state index contributed by atoms with van der Waals surface area (Å²) >= 11 is 0. The van der Waals surface area contributed by atoms with Crippen molar-refractivity contribution in [1.29, 1.82) is 0 Å². The number of hydrogen-bond acceptors (Lipinski definition) is 4. The van der Waals surface area contributed by atoms with Gasteiger partial charge in [0, 0.05) is 13.6 Å². The highest BCUT2D eigenvalue weighted by atomic mass is 16.2. The van der Waals surface area contributed by atoms with Crippen LogP contribution in [-0.4, -0.2) is 56.6 Å². The van der Waals surface area contributed by atoms with Crippen molar-refractivity contribution in [3.05, 3.63) is 0 Å². The second kappa shape index (κ2) is 7.33. The molecule has 1 aliphatic heterocycles. The van der Waals surface area contributed by atoms with Gasteiger partial charge in [-0.1, -0.05) is 0 Å². The normalized spacial score (nSPS) is 18.4. The Morgan fingerprint density at radius 2 is 2.00 bits per heavy atom. The van der Waals surface area contributed by atoms with Crippen molar-refractivity contribution in [3.8, 4) is 0 Å². The maximum Gasteiger partial charge on any atom is 0.321 e. The predicted octanol–water partition coefficient (Wildman–Crippen LogP) is -0.238. The van der Waals surface area contributed by atoms with Gasteiger partial charge in [0.05, 0.1) is 6.04 Å². The molecule has 0 saturated carbocycles. The first-order chi connectivity index (χ1) is 8.54. The van der Waals surface area contributed by atoms with Crippen molar-refractivity contribution < 1.29 is 9.59 Å². The Kier molecular flexibility index (Phi) is 6.07. The molecule has 1 aliphatic rings. The average Bonchev–Trinajstić information content (AvgIpc) is 2.38. The number of carbonyl (C=O) groups is 2. The zero-order valence-corrected chi connectivity index (χ0v) is 11.5. The van der Waals surface area contributed by atoms with Crippen LogP contribution in [0.4, 0.5) is 4.79 Å². The molecular formula is C12H24N4O2. The average molecular weight is 256 g/mol. The van der Waals surface area contributed by atoms with Gasteiger partial charge in [-0.15, -0.1) is 0 Å². The summed E-state index contributed by atoms with van der Waals surface area (Å²) in [6.45, 7) is 4.82. The second-order valence-corrected chi connectivity index (χ2v) is 4.88. The number of nitrogens with zero attached hydrogens (tertiary/aromatic N) is 1. The lowest BCUT2D eigenvalue weighted by atomic mass is 9.97. The van der Waals surface area contributed by atoms with Crippen molar-refractivity contribution in [3.63, 3.8) is 0 Å². The van der Waals surface area contributed by atoms with Gasteiger partial charge in [-0.05, 0) is 45.8 Å². The third-order valence-corrected chi connectivity index (χ3v) is 3.51. The van der Waals surface area contributed by atoms with Crippen LogP contribution in [0.15, 0.2) is 0 Å². The van der Waals surface area contributed by atoms with Gasteiger partial charge in [0.1, 0.15) is 0 Å². The van der Waals surface area contributed by atoms with Crippen LogP contribution in [0.5, 0.6) is 0 Å². The van der Waals surface area contributed by atoms with Crippen molar-refractivity contribution in [2.24, 2.45) is 5.92 Å². The molecule has 6 nitrogen and oxygen atoms in total. The van der Waals surface area contributed by atoms with Crippen molar-refractivity contribution in [2.45, 2.75) is 25.8 Å². The molecule has 0 aromatic heterocycles. The molecule has 3 N–H and O–H groups in total. The van der Waals surface area contributed by atoms with E-state index in [0.717, 1.165) is 32.5 Å². The van der Waals surface area contributed by atoms with Gasteiger partial charge in [0.2, 0.25) is 5.91 Å². The minimum absolute atomic E-state index is 0.259. The fourth-order valence-corrected chi connectivity index (χ4v) is 2.11. The molecule has 1 rings (SSSR count). The molecular weight excluding hydrogens is 232 g/mol. The molecule has 0 bridgehead atoms. The summed E-state index contributed by atoms with van der Waals surface area (Å²) in [6.07, 6.45) is 2.29. The van der Waals surface area contributed by atoms with Crippen molar-refractivity contribution >= 4 is 11.9 Å². The molecule has 1 heterocycles. The maximum atomic E-state index is 11.8.